The van der Waals surface area contributed by atoms with Gasteiger partial charge in [0.25, 0.3) is 0 Å². The topological polar surface area (TPSA) is 76.9 Å². The van der Waals surface area contributed by atoms with E-state index in [0.29, 0.717) is 17.4 Å². The summed E-state index contributed by atoms with van der Waals surface area (Å²) >= 11 is 0. The number of halogens is 4. The molecule has 1 aromatic carbocycles. The Hall–Kier alpha value is -5.00. The summed E-state index contributed by atoms with van der Waals surface area (Å²) in [7, 11) is 0. The normalized spacial score (nSPS) is 9.16. The van der Waals surface area contributed by atoms with Gasteiger partial charge in [0.1, 0.15) is 0 Å². The monoisotopic (exact) mass is 435 g/mol. The minimum Gasteiger partial charge on any atom is -0.360 e. The molecule has 0 saturated carbocycles. The highest BCUT2D eigenvalue weighted by Gasteiger charge is 2.12. The molecule has 1 aliphatic heterocycles. The summed E-state index contributed by atoms with van der Waals surface area (Å²) in [5, 5.41) is 3.63. The molecule has 0 bridgehead atoms. The molecule has 1 N–H and O–H groups in total. The van der Waals surface area contributed by atoms with E-state index in [0.717, 1.165) is 11.1 Å². The second-order valence-electron chi connectivity index (χ2n) is 5.22. The van der Waals surface area contributed by atoms with Crippen molar-refractivity contribution < 1.29 is 18.2 Å². The Bertz CT molecular complexity index is 1390. The average molecular weight is 435 g/mol. The Balaban J connectivity index is 0.000000573. The van der Waals surface area contributed by atoms with E-state index in [1.165, 1.54) is 12.1 Å². The van der Waals surface area contributed by atoms with Crippen LogP contribution >= 0.6 is 0 Å². The van der Waals surface area contributed by atoms with Crippen LogP contribution in [0.4, 0.5) is 18.2 Å². The number of azide groups is 1. The van der Waals surface area contributed by atoms with Gasteiger partial charge in [-0.1, -0.05) is 12.0 Å². The van der Waals surface area contributed by atoms with Gasteiger partial charge in [0, 0.05) is 45.9 Å². The van der Waals surface area contributed by atoms with E-state index < -0.39 is 11.6 Å². The number of nitrogens with one attached hydrogen (secondary N) is 1. The zero-order valence-electron chi connectivity index (χ0n) is 16.5. The van der Waals surface area contributed by atoms with E-state index in [2.05, 4.69) is 79.3 Å². The van der Waals surface area contributed by atoms with Crippen molar-refractivity contribution in [2.75, 3.05) is 6.54 Å². The quantitative estimate of drug-likeness (QED) is 0.225. The molecule has 1 aliphatic rings. The number of aliphatic imine (C=N–C) groups is 1. The number of rotatable bonds is 1. The number of H-pyrrole nitrogens is 1. The van der Waals surface area contributed by atoms with Gasteiger partial charge in [-0.3, -0.25) is 14.4 Å². The van der Waals surface area contributed by atoms with Crippen LogP contribution in [-0.4, -0.2) is 17.7 Å². The fourth-order valence-electron chi connectivity index (χ4n) is 2.22. The van der Waals surface area contributed by atoms with Crippen LogP contribution in [0.1, 0.15) is 12.5 Å². The fraction of sp³-hybridized carbons (Fsp3) is 0.0870. The van der Waals surface area contributed by atoms with E-state index in [4.69, 9.17) is 5.53 Å². The molecule has 0 atom stereocenters. The molecule has 0 spiro atoms. The SMILES string of the molecule is CC#CC#CC#CC#CC#CN=[N+]=[N-].F.F.Fc1cc2[nH]cc(C3=CCN=C3)c2cc1F. The molecule has 0 saturated heterocycles. The zero-order valence-corrected chi connectivity index (χ0v) is 16.5. The van der Waals surface area contributed by atoms with Crippen molar-refractivity contribution in [3.63, 3.8) is 0 Å². The summed E-state index contributed by atoms with van der Waals surface area (Å²) in [6.07, 6.45) is 5.43. The summed E-state index contributed by atoms with van der Waals surface area (Å²) in [6, 6.07) is 4.48. The predicted molar refractivity (Wildman–Crippen MR) is 118 cm³/mol. The van der Waals surface area contributed by atoms with Gasteiger partial charge in [0.15, 0.2) is 11.6 Å². The first-order chi connectivity index (χ1) is 14.7. The molecular formula is C23H13F4N5. The third-order valence-electron chi connectivity index (χ3n) is 3.39. The third kappa shape index (κ3) is 8.16. The third-order valence-corrected chi connectivity index (χ3v) is 3.39. The van der Waals surface area contributed by atoms with Gasteiger partial charge in [-0.15, -0.1) is 0 Å². The van der Waals surface area contributed by atoms with Crippen molar-refractivity contribution in [2.24, 2.45) is 10.1 Å². The van der Waals surface area contributed by atoms with Crippen LogP contribution in [0.3, 0.4) is 0 Å². The number of aromatic nitrogens is 1. The van der Waals surface area contributed by atoms with Crippen molar-refractivity contribution in [2.45, 2.75) is 6.92 Å². The molecule has 0 unspecified atom stereocenters. The zero-order chi connectivity index (χ0) is 21.6. The van der Waals surface area contributed by atoms with E-state index in [1.54, 1.807) is 19.3 Å². The largest absolute Gasteiger partial charge is 0.360 e. The molecule has 1 aromatic heterocycles. The first kappa shape index (κ1) is 27.0. The number of aromatic amines is 1. The molecule has 0 radical (unpaired) electrons. The lowest BCUT2D eigenvalue weighted by Crippen LogP contribution is -1.85. The molecule has 9 heteroatoms. The van der Waals surface area contributed by atoms with Crippen molar-refractivity contribution in [3.8, 4) is 59.3 Å². The maximum atomic E-state index is 13.2. The number of allylic oxidation sites excluding steroid dienone is 1. The molecule has 2 heterocycles. The maximum absolute atomic E-state index is 13.2. The molecular weight excluding hydrogens is 422 g/mol. The minimum atomic E-state index is -0.838. The predicted octanol–water partition coefficient (Wildman–Crippen LogP) is 4.51. The molecule has 5 nitrogen and oxygen atoms in total. The lowest BCUT2D eigenvalue weighted by molar-refractivity contribution is 0.511. The van der Waals surface area contributed by atoms with Crippen molar-refractivity contribution in [1.82, 2.24) is 4.98 Å². The van der Waals surface area contributed by atoms with Crippen LogP contribution in [0.15, 0.2) is 34.5 Å². The molecule has 3 rings (SSSR count). The van der Waals surface area contributed by atoms with E-state index in [9.17, 15) is 8.78 Å². The van der Waals surface area contributed by atoms with Crippen LogP contribution in [0.2, 0.25) is 0 Å². The van der Waals surface area contributed by atoms with Crippen molar-refractivity contribution >= 4 is 22.7 Å². The summed E-state index contributed by atoms with van der Waals surface area (Å²) in [4.78, 5) is 9.41. The van der Waals surface area contributed by atoms with Crippen LogP contribution in [0.25, 0.3) is 26.9 Å². The van der Waals surface area contributed by atoms with E-state index >= 15 is 0 Å². The van der Waals surface area contributed by atoms with Gasteiger partial charge in [-0.2, -0.15) is 0 Å². The van der Waals surface area contributed by atoms with Crippen molar-refractivity contribution in [3.05, 3.63) is 52.0 Å². The maximum Gasteiger partial charge on any atom is 0.160 e. The number of hydrogen-bond acceptors (Lipinski definition) is 2. The van der Waals surface area contributed by atoms with Crippen molar-refractivity contribution in [1.29, 1.82) is 0 Å². The first-order valence-electron chi connectivity index (χ1n) is 8.29. The fourth-order valence-corrected chi connectivity index (χ4v) is 2.22. The van der Waals surface area contributed by atoms with Gasteiger partial charge < -0.3 is 4.98 Å². The Morgan fingerprint density at radius 1 is 1.00 bits per heavy atom. The summed E-state index contributed by atoms with van der Waals surface area (Å²) < 4.78 is 26.2. The van der Waals surface area contributed by atoms with Gasteiger partial charge >= 0.3 is 0 Å². The molecule has 0 fully saturated rings. The second kappa shape index (κ2) is 14.9. The highest BCUT2D eigenvalue weighted by molar-refractivity contribution is 6.16. The number of benzene rings is 1. The Labute approximate surface area is 181 Å². The van der Waals surface area contributed by atoms with E-state index in [1.807, 2.05) is 6.08 Å². The number of fused-ring (bicyclic) bond motifs is 1. The Morgan fingerprint density at radius 3 is 2.22 bits per heavy atom. The van der Waals surface area contributed by atoms with Gasteiger partial charge in [0.2, 0.25) is 0 Å². The second-order valence-corrected chi connectivity index (χ2v) is 5.22. The minimum absolute atomic E-state index is 0. The smallest absolute Gasteiger partial charge is 0.160 e. The van der Waals surface area contributed by atoms with Crippen LogP contribution < -0.4 is 0 Å². The van der Waals surface area contributed by atoms with E-state index in [-0.39, 0.29) is 9.41 Å². The average Bonchev–Trinajstić information content (AvgIpc) is 3.40. The highest BCUT2D eigenvalue weighted by Crippen LogP contribution is 2.27. The number of hydrogen-bond donors (Lipinski definition) is 1. The highest BCUT2D eigenvalue weighted by atomic mass is 19.2. The van der Waals surface area contributed by atoms with Crippen LogP contribution in [0, 0.1) is 71.0 Å². The molecule has 158 valence electrons. The van der Waals surface area contributed by atoms with Crippen LogP contribution in [0.5, 0.6) is 0 Å². The molecule has 2 aromatic rings. The Morgan fingerprint density at radius 2 is 1.62 bits per heavy atom. The van der Waals surface area contributed by atoms with Gasteiger partial charge in [-0.05, 0) is 76.6 Å². The lowest BCUT2D eigenvalue weighted by atomic mass is 10.1. The standard InChI is InChI=1S/C12H8F2N2.C11H3N3.2FH/c13-10-3-8-9(7-1-2-15-5-7)6-16-12(8)4-11(10)14;1-2-3-4-5-6-7-8-9-10-11-13-14-12;;/h1,3-6,16H,2H2;1H3;2*1H. The number of nitrogens with zero attached hydrogens (tertiary/aromatic N) is 4. The Kier molecular flexibility index (Phi) is 12.6. The first-order valence-corrected chi connectivity index (χ1v) is 8.29. The van der Waals surface area contributed by atoms with Gasteiger partial charge in [-0.25, -0.2) is 8.78 Å². The molecule has 32 heavy (non-hydrogen) atoms. The van der Waals surface area contributed by atoms with Gasteiger partial charge in [0.05, 0.1) is 6.54 Å². The molecule has 0 amide bonds. The van der Waals surface area contributed by atoms with Crippen LogP contribution in [-0.2, 0) is 0 Å². The molecule has 0 aliphatic carbocycles. The lowest BCUT2D eigenvalue weighted by Gasteiger charge is -1.97. The summed E-state index contributed by atoms with van der Waals surface area (Å²) in [5.41, 5.74) is 10.2. The summed E-state index contributed by atoms with van der Waals surface area (Å²) in [5.74, 6) is 20.3. The summed E-state index contributed by atoms with van der Waals surface area (Å²) in [6.45, 7) is 2.33.